The molecule has 3 aromatic carbocycles. The van der Waals surface area contributed by atoms with Crippen LogP contribution in [0.15, 0.2) is 78.9 Å². The molecule has 1 unspecified atom stereocenters. The third-order valence-electron chi connectivity index (χ3n) is 8.52. The highest BCUT2D eigenvalue weighted by molar-refractivity contribution is 5.83. The first-order valence-electron chi connectivity index (χ1n) is 14.3. The molecule has 44 heavy (non-hydrogen) atoms. The van der Waals surface area contributed by atoms with Crippen molar-refractivity contribution >= 4 is 11.8 Å². The number of alkyl halides is 6. The van der Waals surface area contributed by atoms with Crippen LogP contribution in [0.4, 0.5) is 26.3 Å². The lowest BCUT2D eigenvalue weighted by molar-refractivity contribution is -0.143. The van der Waals surface area contributed by atoms with Crippen molar-refractivity contribution in [3.63, 3.8) is 0 Å². The summed E-state index contributed by atoms with van der Waals surface area (Å²) in [6, 6.07) is 19.5. The molecule has 1 heterocycles. The molecule has 1 aliphatic rings. The summed E-state index contributed by atoms with van der Waals surface area (Å²) in [5.41, 5.74) is -1.79. The van der Waals surface area contributed by atoms with Crippen molar-refractivity contribution in [1.29, 1.82) is 0 Å². The fraction of sp³-hybridized carbons (Fsp3) is 0.394. The number of amides is 2. The summed E-state index contributed by atoms with van der Waals surface area (Å²) in [4.78, 5) is 31.6. The van der Waals surface area contributed by atoms with Crippen LogP contribution in [0.5, 0.6) is 0 Å². The summed E-state index contributed by atoms with van der Waals surface area (Å²) in [6.07, 6.45) is -8.99. The maximum absolute atomic E-state index is 13.9. The molecule has 236 valence electrons. The number of piperidine rings is 1. The van der Waals surface area contributed by atoms with E-state index in [0.29, 0.717) is 38.1 Å². The van der Waals surface area contributed by atoms with Gasteiger partial charge in [-0.15, -0.1) is 0 Å². The molecule has 1 aliphatic heterocycles. The van der Waals surface area contributed by atoms with E-state index in [2.05, 4.69) is 0 Å². The summed E-state index contributed by atoms with van der Waals surface area (Å²) in [5.74, 6) is -0.410. The molecule has 4 rings (SSSR count). The van der Waals surface area contributed by atoms with Crippen LogP contribution in [0.2, 0.25) is 0 Å². The van der Waals surface area contributed by atoms with Crippen LogP contribution in [0.25, 0.3) is 0 Å². The summed E-state index contributed by atoms with van der Waals surface area (Å²) < 4.78 is 80.2. The molecule has 1 atom stereocenters. The first kappa shape index (κ1) is 33.0. The predicted molar refractivity (Wildman–Crippen MR) is 154 cm³/mol. The number of rotatable bonds is 8. The predicted octanol–water partition coefficient (Wildman–Crippen LogP) is 6.94. The van der Waals surface area contributed by atoms with Crippen molar-refractivity contribution in [2.75, 3.05) is 33.7 Å². The zero-order valence-electron chi connectivity index (χ0n) is 24.8. The normalized spacial score (nSPS) is 16.3. The third kappa shape index (κ3) is 7.26. The molecule has 11 heteroatoms. The summed E-state index contributed by atoms with van der Waals surface area (Å²) in [6.45, 7) is 2.36. The Labute approximate surface area is 253 Å². The maximum Gasteiger partial charge on any atom is 0.416 e. The fourth-order valence-electron chi connectivity index (χ4n) is 5.94. The first-order valence-corrected chi connectivity index (χ1v) is 14.3. The average Bonchev–Trinajstić information content (AvgIpc) is 3.00. The second-order valence-corrected chi connectivity index (χ2v) is 11.2. The summed E-state index contributed by atoms with van der Waals surface area (Å²) in [7, 11) is 3.27. The molecule has 1 fully saturated rings. The minimum absolute atomic E-state index is 0.0824. The number of likely N-dealkylation sites (N-methyl/N-ethyl adjacent to an activating group) is 1. The second kappa shape index (κ2) is 13.0. The van der Waals surface area contributed by atoms with Gasteiger partial charge >= 0.3 is 12.4 Å². The van der Waals surface area contributed by atoms with Gasteiger partial charge in [-0.25, -0.2) is 0 Å². The molecule has 0 spiro atoms. The summed E-state index contributed by atoms with van der Waals surface area (Å²) in [5, 5.41) is 0. The van der Waals surface area contributed by atoms with Crippen LogP contribution in [-0.2, 0) is 33.9 Å². The van der Waals surface area contributed by atoms with Gasteiger partial charge in [0.25, 0.3) is 0 Å². The zero-order chi connectivity index (χ0) is 32.3. The topological polar surface area (TPSA) is 43.9 Å². The highest BCUT2D eigenvalue weighted by Gasteiger charge is 2.44. The van der Waals surface area contributed by atoms with Crippen LogP contribution in [0.1, 0.15) is 53.6 Å². The molecule has 0 aromatic heterocycles. The quantitative estimate of drug-likeness (QED) is 0.257. The van der Waals surface area contributed by atoms with E-state index >= 15 is 0 Å². The van der Waals surface area contributed by atoms with E-state index in [9.17, 15) is 35.9 Å². The Morgan fingerprint density at radius 2 is 1.32 bits per heavy atom. The van der Waals surface area contributed by atoms with Crippen LogP contribution in [0, 0.1) is 0 Å². The van der Waals surface area contributed by atoms with Crippen molar-refractivity contribution in [3.05, 3.63) is 107 Å². The van der Waals surface area contributed by atoms with E-state index in [1.807, 2.05) is 53.4 Å². The number of halogens is 6. The van der Waals surface area contributed by atoms with Crippen LogP contribution >= 0.6 is 0 Å². The fourth-order valence-corrected chi connectivity index (χ4v) is 5.94. The molecule has 0 bridgehead atoms. The number of hydrogen-bond acceptors (Lipinski definition) is 3. The van der Waals surface area contributed by atoms with Crippen LogP contribution in [0.3, 0.4) is 0 Å². The minimum Gasteiger partial charge on any atom is -0.344 e. The molecular weight excluding hydrogens is 584 g/mol. The van der Waals surface area contributed by atoms with Crippen LogP contribution in [-0.4, -0.2) is 60.2 Å². The Bertz CT molecular complexity index is 1400. The van der Waals surface area contributed by atoms with E-state index in [0.717, 1.165) is 11.1 Å². The van der Waals surface area contributed by atoms with Gasteiger partial charge in [-0.1, -0.05) is 60.7 Å². The molecule has 0 N–H and O–H groups in total. The summed E-state index contributed by atoms with van der Waals surface area (Å²) >= 11 is 0. The number of carbonyl (C=O) groups is 2. The highest BCUT2D eigenvalue weighted by Crippen LogP contribution is 2.41. The number of likely N-dealkylation sites (tertiary alicyclic amines) is 1. The van der Waals surface area contributed by atoms with E-state index < -0.39 is 35.1 Å². The maximum atomic E-state index is 13.9. The van der Waals surface area contributed by atoms with Gasteiger partial charge in [-0.2, -0.15) is 26.3 Å². The van der Waals surface area contributed by atoms with Gasteiger partial charge in [0.1, 0.15) is 6.04 Å². The van der Waals surface area contributed by atoms with Crippen LogP contribution < -0.4 is 0 Å². The Balaban J connectivity index is 1.57. The lowest BCUT2D eigenvalue weighted by Crippen LogP contribution is -2.55. The molecule has 0 aliphatic carbocycles. The smallest absolute Gasteiger partial charge is 0.344 e. The molecular formula is C33H35F6N3O2. The standard InChI is InChI=1S/C33H35F6N3O2/c1-23(43)41(3)31(26-12-8-5-9-13-26)15-18-42(19-16-31)29(25-10-6-4-7-11-25)30(44)40(2)17-14-24-20-27(32(34,35)36)22-28(21-24)33(37,38)39/h4-13,20-22,29H,14-19H2,1-3H3. The SMILES string of the molecule is CC(=O)N(C)C1(c2ccccc2)CCN(C(C(=O)N(C)CCc2cc(C(F)(F)F)cc(C(F)(F)F)c2)c2ccccc2)CC1. The number of hydrogen-bond donors (Lipinski definition) is 0. The van der Waals surface area contributed by atoms with Crippen molar-refractivity contribution in [2.45, 2.75) is 50.1 Å². The minimum atomic E-state index is -4.95. The Hall–Kier alpha value is -3.86. The largest absolute Gasteiger partial charge is 0.416 e. The van der Waals surface area contributed by atoms with Gasteiger partial charge in [-0.05, 0) is 54.2 Å². The Morgan fingerprint density at radius 3 is 1.80 bits per heavy atom. The van der Waals surface area contributed by atoms with Gasteiger partial charge in [-0.3, -0.25) is 14.5 Å². The van der Waals surface area contributed by atoms with E-state index in [1.165, 1.54) is 18.9 Å². The van der Waals surface area contributed by atoms with Gasteiger partial charge in [0, 0.05) is 40.7 Å². The second-order valence-electron chi connectivity index (χ2n) is 11.2. The zero-order valence-corrected chi connectivity index (χ0v) is 24.8. The number of benzene rings is 3. The molecule has 2 amide bonds. The van der Waals surface area contributed by atoms with Gasteiger partial charge < -0.3 is 9.80 Å². The first-order chi connectivity index (χ1) is 20.6. The molecule has 0 saturated carbocycles. The molecule has 5 nitrogen and oxygen atoms in total. The van der Waals surface area contributed by atoms with Crippen molar-refractivity contribution in [2.24, 2.45) is 0 Å². The average molecular weight is 620 g/mol. The molecule has 0 radical (unpaired) electrons. The van der Waals surface area contributed by atoms with E-state index in [1.54, 1.807) is 24.1 Å². The van der Waals surface area contributed by atoms with Gasteiger partial charge in [0.05, 0.1) is 16.7 Å². The Morgan fingerprint density at radius 1 is 0.818 bits per heavy atom. The third-order valence-corrected chi connectivity index (χ3v) is 8.52. The Kier molecular flexibility index (Phi) is 9.77. The lowest BCUT2D eigenvalue weighted by atomic mass is 9.78. The lowest BCUT2D eigenvalue weighted by Gasteiger charge is -2.49. The monoisotopic (exact) mass is 619 g/mol. The highest BCUT2D eigenvalue weighted by atomic mass is 19.4. The van der Waals surface area contributed by atoms with Crippen molar-refractivity contribution in [1.82, 2.24) is 14.7 Å². The van der Waals surface area contributed by atoms with Gasteiger partial charge in [0.2, 0.25) is 11.8 Å². The molecule has 1 saturated heterocycles. The molecule has 3 aromatic rings. The van der Waals surface area contributed by atoms with E-state index in [-0.39, 0.29) is 36.4 Å². The van der Waals surface area contributed by atoms with E-state index in [4.69, 9.17) is 0 Å². The van der Waals surface area contributed by atoms with Crippen molar-refractivity contribution < 1.29 is 35.9 Å². The van der Waals surface area contributed by atoms with Gasteiger partial charge in [0.15, 0.2) is 0 Å². The number of carbonyl (C=O) groups excluding carboxylic acids is 2. The van der Waals surface area contributed by atoms with Crippen molar-refractivity contribution in [3.8, 4) is 0 Å². The number of nitrogens with zero attached hydrogens (tertiary/aromatic N) is 3.